The minimum atomic E-state index is -0.0320. The van der Waals surface area contributed by atoms with Gasteiger partial charge in [0.05, 0.1) is 16.7 Å². The maximum absolute atomic E-state index is 2.50. The highest BCUT2D eigenvalue weighted by atomic mass is 32.1. The molecule has 0 unspecified atom stereocenters. The SMILES string of the molecule is CC1(C)c2ccsc2-n2c3ccc(-c4ccc(N(c5ccc(-c6ccccc6)cc5)c5cccc6ccccc56)cc4)cc3c3cccc1c32. The van der Waals surface area contributed by atoms with Crippen molar-refractivity contribution in [2.24, 2.45) is 0 Å². The lowest BCUT2D eigenvalue weighted by atomic mass is 9.76. The van der Waals surface area contributed by atoms with Gasteiger partial charge in [0.2, 0.25) is 0 Å². The molecule has 9 aromatic rings. The van der Waals surface area contributed by atoms with Gasteiger partial charge in [-0.25, -0.2) is 0 Å². The Hall–Kier alpha value is -5.90. The maximum Gasteiger partial charge on any atom is 0.104 e. The zero-order valence-electron chi connectivity index (χ0n) is 28.0. The van der Waals surface area contributed by atoms with E-state index in [1.54, 1.807) is 0 Å². The van der Waals surface area contributed by atoms with Crippen LogP contribution < -0.4 is 4.90 Å². The highest BCUT2D eigenvalue weighted by Gasteiger charge is 2.35. The van der Waals surface area contributed by atoms with Crippen molar-refractivity contribution in [3.63, 3.8) is 0 Å². The van der Waals surface area contributed by atoms with E-state index < -0.39 is 0 Å². The molecule has 0 amide bonds. The normalized spacial score (nSPS) is 13.2. The van der Waals surface area contributed by atoms with E-state index in [0.29, 0.717) is 0 Å². The summed E-state index contributed by atoms with van der Waals surface area (Å²) in [5, 5.41) is 8.66. The summed E-state index contributed by atoms with van der Waals surface area (Å²) in [5.74, 6) is 0. The fraction of sp³-hybridized carbons (Fsp3) is 0.0638. The molecule has 0 N–H and O–H groups in total. The molecule has 0 fully saturated rings. The summed E-state index contributed by atoms with van der Waals surface area (Å²) in [5.41, 5.74) is 13.7. The summed E-state index contributed by atoms with van der Waals surface area (Å²) in [6, 6.07) is 60.0. The molecule has 3 heterocycles. The summed E-state index contributed by atoms with van der Waals surface area (Å²) in [7, 11) is 0. The van der Waals surface area contributed by atoms with Gasteiger partial charge in [0.15, 0.2) is 0 Å². The lowest BCUT2D eigenvalue weighted by Gasteiger charge is -2.32. The van der Waals surface area contributed by atoms with Crippen LogP contribution >= 0.6 is 11.3 Å². The summed E-state index contributed by atoms with van der Waals surface area (Å²) in [6.45, 7) is 4.72. The van der Waals surface area contributed by atoms with E-state index in [1.165, 1.54) is 71.0 Å². The van der Waals surface area contributed by atoms with Gasteiger partial charge in [-0.2, -0.15) is 0 Å². The van der Waals surface area contributed by atoms with Crippen LogP contribution in [-0.2, 0) is 5.41 Å². The van der Waals surface area contributed by atoms with Crippen LogP contribution in [0, 0.1) is 0 Å². The second-order valence-electron chi connectivity index (χ2n) is 13.8. The molecular formula is C47H34N2S. The first-order chi connectivity index (χ1) is 24.6. The van der Waals surface area contributed by atoms with Gasteiger partial charge in [-0.1, -0.05) is 129 Å². The average molecular weight is 659 g/mol. The van der Waals surface area contributed by atoms with Crippen molar-refractivity contribution in [1.82, 2.24) is 4.57 Å². The molecule has 0 atom stereocenters. The van der Waals surface area contributed by atoms with E-state index in [9.17, 15) is 0 Å². The number of hydrogen-bond donors (Lipinski definition) is 0. The topological polar surface area (TPSA) is 8.17 Å². The van der Waals surface area contributed by atoms with Crippen molar-refractivity contribution in [1.29, 1.82) is 0 Å². The number of benzene rings is 7. The number of hydrogen-bond acceptors (Lipinski definition) is 2. The van der Waals surface area contributed by atoms with Crippen LogP contribution in [-0.4, -0.2) is 4.57 Å². The van der Waals surface area contributed by atoms with Gasteiger partial charge in [0, 0.05) is 32.9 Å². The van der Waals surface area contributed by atoms with Gasteiger partial charge in [-0.05, 0) is 92.7 Å². The van der Waals surface area contributed by atoms with E-state index >= 15 is 0 Å². The Morgan fingerprint density at radius 2 is 1.12 bits per heavy atom. The fourth-order valence-electron chi connectivity index (χ4n) is 8.13. The average Bonchev–Trinajstić information content (AvgIpc) is 3.79. The third kappa shape index (κ3) is 4.33. The maximum atomic E-state index is 2.50. The van der Waals surface area contributed by atoms with Crippen LogP contribution in [0.15, 0.2) is 169 Å². The standard InChI is InChI=1S/C47H34N2S/c1-47(2)41-16-9-15-39-40-30-35(22-27-44(40)49(45(39)41)46-42(47)28-29-50-46)33-20-25-37(26-21-33)48(43-17-8-13-34-12-6-7-14-38(34)43)36-23-18-32(19-24-36)31-10-4-3-5-11-31/h3-30H,1-2H3. The molecule has 3 heteroatoms. The van der Waals surface area contributed by atoms with E-state index in [-0.39, 0.29) is 5.41 Å². The lowest BCUT2D eigenvalue weighted by molar-refractivity contribution is 0.635. The highest BCUT2D eigenvalue weighted by Crippen LogP contribution is 2.49. The minimum absolute atomic E-state index is 0.0320. The summed E-state index contributed by atoms with van der Waals surface area (Å²) in [4.78, 5) is 2.38. The highest BCUT2D eigenvalue weighted by molar-refractivity contribution is 7.12. The Kier molecular flexibility index (Phi) is 6.43. The van der Waals surface area contributed by atoms with E-state index in [1.807, 2.05) is 11.3 Å². The second kappa shape index (κ2) is 11.1. The van der Waals surface area contributed by atoms with Crippen LogP contribution in [0.2, 0.25) is 0 Å². The number of para-hydroxylation sites is 1. The number of aromatic nitrogens is 1. The van der Waals surface area contributed by atoms with Crippen LogP contribution in [0.1, 0.15) is 25.0 Å². The first-order valence-corrected chi connectivity index (χ1v) is 18.1. The number of thiophene rings is 1. The molecule has 2 aromatic heterocycles. The Bertz CT molecular complexity index is 2710. The van der Waals surface area contributed by atoms with Crippen LogP contribution in [0.25, 0.3) is 59.8 Å². The van der Waals surface area contributed by atoms with E-state index in [2.05, 4.69) is 192 Å². The number of anilines is 3. The first kappa shape index (κ1) is 29.1. The molecular weight excluding hydrogens is 625 g/mol. The molecule has 238 valence electrons. The van der Waals surface area contributed by atoms with Gasteiger partial charge >= 0.3 is 0 Å². The van der Waals surface area contributed by atoms with Crippen molar-refractivity contribution in [3.8, 4) is 27.3 Å². The molecule has 2 nitrogen and oxygen atoms in total. The molecule has 10 rings (SSSR count). The molecule has 0 saturated carbocycles. The van der Waals surface area contributed by atoms with Gasteiger partial charge in [0.1, 0.15) is 5.00 Å². The largest absolute Gasteiger partial charge is 0.310 e. The second-order valence-corrected chi connectivity index (χ2v) is 14.7. The molecule has 0 saturated heterocycles. The third-order valence-corrected chi connectivity index (χ3v) is 11.6. The zero-order chi connectivity index (χ0) is 33.4. The minimum Gasteiger partial charge on any atom is -0.310 e. The Balaban J connectivity index is 1.09. The Morgan fingerprint density at radius 1 is 0.500 bits per heavy atom. The first-order valence-electron chi connectivity index (χ1n) is 17.3. The van der Waals surface area contributed by atoms with Crippen molar-refractivity contribution < 1.29 is 0 Å². The summed E-state index contributed by atoms with van der Waals surface area (Å²) < 4.78 is 2.50. The smallest absolute Gasteiger partial charge is 0.104 e. The van der Waals surface area contributed by atoms with Crippen molar-refractivity contribution in [2.45, 2.75) is 19.3 Å². The van der Waals surface area contributed by atoms with E-state index in [4.69, 9.17) is 0 Å². The van der Waals surface area contributed by atoms with Gasteiger partial charge in [0.25, 0.3) is 0 Å². The van der Waals surface area contributed by atoms with Crippen molar-refractivity contribution >= 4 is 61.0 Å². The summed E-state index contributed by atoms with van der Waals surface area (Å²) in [6.07, 6.45) is 0. The van der Waals surface area contributed by atoms with Gasteiger partial charge < -0.3 is 9.47 Å². The molecule has 0 aliphatic carbocycles. The Morgan fingerprint density at radius 3 is 1.90 bits per heavy atom. The quantitative estimate of drug-likeness (QED) is 0.179. The van der Waals surface area contributed by atoms with E-state index in [0.717, 1.165) is 17.1 Å². The number of rotatable bonds is 5. The fourth-order valence-corrected chi connectivity index (χ4v) is 9.20. The molecule has 0 spiro atoms. The molecule has 0 radical (unpaired) electrons. The molecule has 7 aromatic carbocycles. The predicted octanol–water partition coefficient (Wildman–Crippen LogP) is 13.4. The molecule has 1 aliphatic rings. The monoisotopic (exact) mass is 658 g/mol. The van der Waals surface area contributed by atoms with Crippen molar-refractivity contribution in [3.05, 3.63) is 180 Å². The number of nitrogens with zero attached hydrogens (tertiary/aromatic N) is 2. The summed E-state index contributed by atoms with van der Waals surface area (Å²) >= 11 is 1.84. The Labute approximate surface area is 296 Å². The van der Waals surface area contributed by atoms with Gasteiger partial charge in [-0.15, -0.1) is 11.3 Å². The molecule has 1 aliphatic heterocycles. The molecule has 50 heavy (non-hydrogen) atoms. The third-order valence-electron chi connectivity index (χ3n) is 10.7. The van der Waals surface area contributed by atoms with Crippen LogP contribution in [0.3, 0.4) is 0 Å². The van der Waals surface area contributed by atoms with Crippen LogP contribution in [0.4, 0.5) is 17.1 Å². The lowest BCUT2D eigenvalue weighted by Crippen LogP contribution is -2.24. The van der Waals surface area contributed by atoms with Crippen molar-refractivity contribution in [2.75, 3.05) is 4.90 Å². The number of fused-ring (bicyclic) bond motifs is 6. The molecule has 0 bridgehead atoms. The van der Waals surface area contributed by atoms with Gasteiger partial charge in [-0.3, -0.25) is 0 Å². The predicted molar refractivity (Wildman–Crippen MR) is 214 cm³/mol. The zero-order valence-corrected chi connectivity index (χ0v) is 28.8. The van der Waals surface area contributed by atoms with Crippen LogP contribution in [0.5, 0.6) is 0 Å².